The lowest BCUT2D eigenvalue weighted by Gasteiger charge is -2.26. The Balaban J connectivity index is 1.84. The van der Waals surface area contributed by atoms with Crippen LogP contribution in [-0.4, -0.2) is 26.8 Å². The van der Waals surface area contributed by atoms with Crippen LogP contribution in [0.15, 0.2) is 0 Å². The zero-order valence-corrected chi connectivity index (χ0v) is 11.1. The van der Waals surface area contributed by atoms with E-state index in [-0.39, 0.29) is 0 Å². The molecule has 0 aromatic heterocycles. The third-order valence-corrected chi connectivity index (χ3v) is 3.83. The molecule has 1 aliphatic carbocycles. The van der Waals surface area contributed by atoms with Gasteiger partial charge >= 0.3 is 0 Å². The average molecular weight is 227 g/mol. The van der Waals surface area contributed by atoms with E-state index >= 15 is 0 Å². The maximum atomic E-state index is 4.99. The molecular formula is C14H29NO. The molecule has 0 heterocycles. The number of ether oxygens (including phenoxy) is 1. The van der Waals surface area contributed by atoms with E-state index in [0.717, 1.165) is 31.5 Å². The van der Waals surface area contributed by atoms with Crippen LogP contribution in [0.5, 0.6) is 0 Å². The van der Waals surface area contributed by atoms with Gasteiger partial charge in [0, 0.05) is 13.7 Å². The van der Waals surface area contributed by atoms with E-state index in [9.17, 15) is 0 Å². The number of rotatable bonds is 8. The highest BCUT2D eigenvalue weighted by Gasteiger charge is 2.17. The second kappa shape index (κ2) is 9.00. The van der Waals surface area contributed by atoms with Gasteiger partial charge in [0.2, 0.25) is 0 Å². The van der Waals surface area contributed by atoms with Gasteiger partial charge in [0.1, 0.15) is 0 Å². The summed E-state index contributed by atoms with van der Waals surface area (Å²) in [5, 5.41) is 3.41. The maximum Gasteiger partial charge on any atom is 0.0587 e. The third kappa shape index (κ3) is 6.49. The molecule has 0 spiro atoms. The van der Waals surface area contributed by atoms with E-state index in [1.807, 2.05) is 0 Å². The zero-order chi connectivity index (χ0) is 11.6. The van der Waals surface area contributed by atoms with Crippen LogP contribution >= 0.6 is 0 Å². The van der Waals surface area contributed by atoms with Gasteiger partial charge in [-0.25, -0.2) is 0 Å². The Kier molecular flexibility index (Phi) is 7.87. The largest absolute Gasteiger partial charge is 0.383 e. The quantitative estimate of drug-likeness (QED) is 0.643. The molecular weight excluding hydrogens is 198 g/mol. The molecule has 1 rings (SSSR count). The third-order valence-electron chi connectivity index (χ3n) is 3.83. The molecule has 0 atom stereocenters. The Labute approximate surface area is 101 Å². The van der Waals surface area contributed by atoms with E-state index in [1.165, 1.54) is 44.9 Å². The van der Waals surface area contributed by atoms with Crippen LogP contribution in [0.3, 0.4) is 0 Å². The topological polar surface area (TPSA) is 21.3 Å². The number of hydrogen-bond donors (Lipinski definition) is 1. The summed E-state index contributed by atoms with van der Waals surface area (Å²) in [7, 11) is 1.76. The van der Waals surface area contributed by atoms with Crippen molar-refractivity contribution in [1.82, 2.24) is 5.32 Å². The fourth-order valence-corrected chi connectivity index (χ4v) is 2.60. The van der Waals surface area contributed by atoms with Crippen molar-refractivity contribution >= 4 is 0 Å². The van der Waals surface area contributed by atoms with Crippen molar-refractivity contribution in [1.29, 1.82) is 0 Å². The Morgan fingerprint density at radius 1 is 1.06 bits per heavy atom. The van der Waals surface area contributed by atoms with Gasteiger partial charge in [-0.1, -0.05) is 45.4 Å². The van der Waals surface area contributed by atoms with Crippen molar-refractivity contribution in [2.75, 3.05) is 26.8 Å². The Morgan fingerprint density at radius 3 is 2.50 bits per heavy atom. The molecule has 0 unspecified atom stereocenters. The van der Waals surface area contributed by atoms with E-state index in [4.69, 9.17) is 4.74 Å². The summed E-state index contributed by atoms with van der Waals surface area (Å²) >= 11 is 0. The standard InChI is InChI=1S/C14H29NO/c1-13-6-8-14(9-7-13)5-3-4-10-15-11-12-16-2/h13-15H,3-12H2,1-2H3. The highest BCUT2D eigenvalue weighted by molar-refractivity contribution is 4.70. The van der Waals surface area contributed by atoms with Crippen LogP contribution < -0.4 is 5.32 Å². The number of nitrogens with one attached hydrogen (secondary N) is 1. The zero-order valence-electron chi connectivity index (χ0n) is 11.1. The first-order valence-corrected chi connectivity index (χ1v) is 7.02. The molecule has 16 heavy (non-hydrogen) atoms. The first-order chi connectivity index (χ1) is 7.83. The lowest BCUT2D eigenvalue weighted by molar-refractivity contribution is 0.199. The monoisotopic (exact) mass is 227 g/mol. The number of unbranched alkanes of at least 4 members (excludes halogenated alkanes) is 1. The Hall–Kier alpha value is -0.0800. The van der Waals surface area contributed by atoms with Crippen molar-refractivity contribution in [3.05, 3.63) is 0 Å². The fraction of sp³-hybridized carbons (Fsp3) is 1.00. The predicted molar refractivity (Wildman–Crippen MR) is 69.7 cm³/mol. The summed E-state index contributed by atoms with van der Waals surface area (Å²) in [6.07, 6.45) is 10.1. The van der Waals surface area contributed by atoms with E-state index in [1.54, 1.807) is 7.11 Å². The molecule has 1 N–H and O–H groups in total. The molecule has 0 aromatic rings. The first-order valence-electron chi connectivity index (χ1n) is 7.02. The summed E-state index contributed by atoms with van der Waals surface area (Å²) in [6, 6.07) is 0. The van der Waals surface area contributed by atoms with E-state index < -0.39 is 0 Å². The highest BCUT2D eigenvalue weighted by atomic mass is 16.5. The van der Waals surface area contributed by atoms with Gasteiger partial charge in [-0.2, -0.15) is 0 Å². The van der Waals surface area contributed by atoms with Gasteiger partial charge in [0.15, 0.2) is 0 Å². The van der Waals surface area contributed by atoms with Gasteiger partial charge in [0.05, 0.1) is 6.61 Å². The summed E-state index contributed by atoms with van der Waals surface area (Å²) in [6.45, 7) is 5.39. The smallest absolute Gasteiger partial charge is 0.0587 e. The fourth-order valence-electron chi connectivity index (χ4n) is 2.60. The summed E-state index contributed by atoms with van der Waals surface area (Å²) in [5.74, 6) is 2.03. The molecule has 1 saturated carbocycles. The minimum absolute atomic E-state index is 0.834. The molecule has 96 valence electrons. The molecule has 0 aliphatic heterocycles. The van der Waals surface area contributed by atoms with Crippen LogP contribution in [0.2, 0.25) is 0 Å². The van der Waals surface area contributed by atoms with Crippen LogP contribution in [0, 0.1) is 11.8 Å². The molecule has 0 radical (unpaired) electrons. The molecule has 2 nitrogen and oxygen atoms in total. The lowest BCUT2D eigenvalue weighted by Crippen LogP contribution is -2.20. The second-order valence-corrected chi connectivity index (χ2v) is 5.36. The van der Waals surface area contributed by atoms with Crippen LogP contribution in [0.25, 0.3) is 0 Å². The SMILES string of the molecule is COCCNCCCCC1CCC(C)CC1. The van der Waals surface area contributed by atoms with Crippen LogP contribution in [0.4, 0.5) is 0 Å². The van der Waals surface area contributed by atoms with Gasteiger partial charge < -0.3 is 10.1 Å². The normalized spacial score (nSPS) is 25.9. The molecule has 1 aliphatic rings. The van der Waals surface area contributed by atoms with Crippen LogP contribution in [-0.2, 0) is 4.74 Å². The van der Waals surface area contributed by atoms with E-state index in [0.29, 0.717) is 0 Å². The average Bonchev–Trinajstić information content (AvgIpc) is 2.30. The summed E-state index contributed by atoms with van der Waals surface area (Å²) in [5.41, 5.74) is 0. The first kappa shape index (κ1) is 14.0. The van der Waals surface area contributed by atoms with Gasteiger partial charge in [-0.3, -0.25) is 0 Å². The molecule has 0 amide bonds. The maximum absolute atomic E-state index is 4.99. The van der Waals surface area contributed by atoms with Crippen molar-refractivity contribution in [2.45, 2.75) is 51.9 Å². The van der Waals surface area contributed by atoms with Crippen molar-refractivity contribution < 1.29 is 4.74 Å². The van der Waals surface area contributed by atoms with Gasteiger partial charge in [-0.05, 0) is 24.8 Å². The predicted octanol–water partition coefficient (Wildman–Crippen LogP) is 3.22. The van der Waals surface area contributed by atoms with E-state index in [2.05, 4.69) is 12.2 Å². The molecule has 2 heteroatoms. The molecule has 0 bridgehead atoms. The van der Waals surface area contributed by atoms with Crippen molar-refractivity contribution in [2.24, 2.45) is 11.8 Å². The Morgan fingerprint density at radius 2 is 1.81 bits per heavy atom. The minimum atomic E-state index is 0.834. The minimum Gasteiger partial charge on any atom is -0.383 e. The van der Waals surface area contributed by atoms with Gasteiger partial charge in [-0.15, -0.1) is 0 Å². The molecule has 0 saturated heterocycles. The summed E-state index contributed by atoms with van der Waals surface area (Å²) < 4.78 is 4.99. The van der Waals surface area contributed by atoms with Gasteiger partial charge in [0.25, 0.3) is 0 Å². The Bertz CT molecular complexity index is 153. The second-order valence-electron chi connectivity index (χ2n) is 5.36. The molecule has 1 fully saturated rings. The molecule has 0 aromatic carbocycles. The van der Waals surface area contributed by atoms with Crippen molar-refractivity contribution in [3.63, 3.8) is 0 Å². The van der Waals surface area contributed by atoms with Crippen LogP contribution in [0.1, 0.15) is 51.9 Å². The number of hydrogen-bond acceptors (Lipinski definition) is 2. The lowest BCUT2D eigenvalue weighted by atomic mass is 9.81. The summed E-state index contributed by atoms with van der Waals surface area (Å²) in [4.78, 5) is 0. The van der Waals surface area contributed by atoms with Crippen molar-refractivity contribution in [3.8, 4) is 0 Å². The number of methoxy groups -OCH3 is 1. The highest BCUT2D eigenvalue weighted by Crippen LogP contribution is 2.31.